The molecule has 9 heteroatoms. The van der Waals surface area contributed by atoms with Crippen LogP contribution < -0.4 is 10.6 Å². The molecule has 9 nitrogen and oxygen atoms in total. The third kappa shape index (κ3) is 4.03. The van der Waals surface area contributed by atoms with Crippen molar-refractivity contribution in [1.82, 2.24) is 0 Å². The number of nitro groups is 2. The van der Waals surface area contributed by atoms with Crippen molar-refractivity contribution in [2.75, 3.05) is 17.2 Å². The van der Waals surface area contributed by atoms with Crippen molar-refractivity contribution < 1.29 is 14.6 Å². The third-order valence-corrected chi connectivity index (χ3v) is 3.29. The number of nitrogens with one attached hydrogen (secondary N) is 2. The summed E-state index contributed by atoms with van der Waals surface area (Å²) in [7, 11) is 0. The second kappa shape index (κ2) is 7.18. The highest BCUT2D eigenvalue weighted by Crippen LogP contribution is 2.25. The van der Waals surface area contributed by atoms with Gasteiger partial charge in [-0.1, -0.05) is 12.1 Å². The molecule has 0 spiro atoms. The Balaban J connectivity index is 2.02. The maximum atomic E-state index is 12.0. The van der Waals surface area contributed by atoms with Crippen LogP contribution in [-0.4, -0.2) is 22.3 Å². The smallest absolute Gasteiger partial charge is 0.274 e. The van der Waals surface area contributed by atoms with Gasteiger partial charge in [-0.2, -0.15) is 0 Å². The fraction of sp³-hybridized carbons (Fsp3) is 0.133. The van der Waals surface area contributed by atoms with Crippen LogP contribution in [0.4, 0.5) is 22.7 Å². The van der Waals surface area contributed by atoms with Gasteiger partial charge in [-0.05, 0) is 19.1 Å². The van der Waals surface area contributed by atoms with Crippen molar-refractivity contribution in [2.45, 2.75) is 6.92 Å². The van der Waals surface area contributed by atoms with E-state index < -0.39 is 15.8 Å². The Bertz CT molecular complexity index is 806. The SMILES string of the molecule is Cc1c(NC(=O)CNc2cccc([N+](=O)[O-])c2)cccc1[N+](=O)[O-]. The summed E-state index contributed by atoms with van der Waals surface area (Å²) in [5.74, 6) is -0.426. The lowest BCUT2D eigenvalue weighted by atomic mass is 10.1. The third-order valence-electron chi connectivity index (χ3n) is 3.29. The van der Waals surface area contributed by atoms with Crippen LogP contribution >= 0.6 is 0 Å². The molecule has 0 unspecified atom stereocenters. The Labute approximate surface area is 136 Å². The van der Waals surface area contributed by atoms with Crippen LogP contribution in [0.5, 0.6) is 0 Å². The summed E-state index contributed by atoms with van der Waals surface area (Å²) in [6.07, 6.45) is 0. The van der Waals surface area contributed by atoms with Gasteiger partial charge in [-0.25, -0.2) is 0 Å². The molecular weight excluding hydrogens is 316 g/mol. The lowest BCUT2D eigenvalue weighted by molar-refractivity contribution is -0.385. The molecule has 0 atom stereocenters. The number of nitro benzene ring substituents is 2. The summed E-state index contributed by atoms with van der Waals surface area (Å²) < 4.78 is 0. The molecule has 1 amide bonds. The second-order valence-corrected chi connectivity index (χ2v) is 4.92. The molecule has 2 aromatic rings. The van der Waals surface area contributed by atoms with Crippen LogP contribution in [0.15, 0.2) is 42.5 Å². The van der Waals surface area contributed by atoms with E-state index in [1.165, 1.54) is 30.3 Å². The molecule has 24 heavy (non-hydrogen) atoms. The molecule has 2 rings (SSSR count). The highest BCUT2D eigenvalue weighted by molar-refractivity contribution is 5.94. The van der Waals surface area contributed by atoms with E-state index in [-0.39, 0.29) is 17.9 Å². The van der Waals surface area contributed by atoms with Gasteiger partial charge in [0.25, 0.3) is 11.4 Å². The van der Waals surface area contributed by atoms with Crippen LogP contribution in [0.3, 0.4) is 0 Å². The van der Waals surface area contributed by atoms with E-state index >= 15 is 0 Å². The Hall–Kier alpha value is -3.49. The van der Waals surface area contributed by atoms with Crippen molar-refractivity contribution in [3.8, 4) is 0 Å². The monoisotopic (exact) mass is 330 g/mol. The van der Waals surface area contributed by atoms with Gasteiger partial charge in [0, 0.05) is 23.9 Å². The van der Waals surface area contributed by atoms with Gasteiger partial charge in [0.2, 0.25) is 5.91 Å². The maximum Gasteiger partial charge on any atom is 0.274 e. The number of carbonyl (C=O) groups is 1. The average Bonchev–Trinajstić information content (AvgIpc) is 2.55. The van der Waals surface area contributed by atoms with Gasteiger partial charge in [0.05, 0.1) is 27.6 Å². The highest BCUT2D eigenvalue weighted by atomic mass is 16.6. The summed E-state index contributed by atoms with van der Waals surface area (Å²) >= 11 is 0. The minimum atomic E-state index is -0.530. The molecule has 0 aliphatic carbocycles. The summed E-state index contributed by atoms with van der Waals surface area (Å²) in [6, 6.07) is 10.2. The minimum absolute atomic E-state index is 0.0838. The molecule has 0 aromatic heterocycles. The van der Waals surface area contributed by atoms with Crippen molar-refractivity contribution in [2.24, 2.45) is 0 Å². The van der Waals surface area contributed by atoms with Gasteiger partial charge in [-0.3, -0.25) is 25.0 Å². The Morgan fingerprint density at radius 2 is 1.79 bits per heavy atom. The summed E-state index contributed by atoms with van der Waals surface area (Å²) in [4.78, 5) is 32.5. The van der Waals surface area contributed by atoms with Crippen molar-refractivity contribution in [3.05, 3.63) is 68.3 Å². The molecule has 0 aliphatic heterocycles. The van der Waals surface area contributed by atoms with Crippen LogP contribution in [0.25, 0.3) is 0 Å². The summed E-state index contributed by atoms with van der Waals surface area (Å²) in [5, 5.41) is 26.9. The number of non-ortho nitro benzene ring substituents is 1. The van der Waals surface area contributed by atoms with Crippen molar-refractivity contribution in [3.63, 3.8) is 0 Å². The van der Waals surface area contributed by atoms with E-state index in [0.29, 0.717) is 16.9 Å². The number of benzene rings is 2. The molecule has 0 bridgehead atoms. The number of hydrogen-bond acceptors (Lipinski definition) is 6. The van der Waals surface area contributed by atoms with Gasteiger partial charge in [-0.15, -0.1) is 0 Å². The topological polar surface area (TPSA) is 127 Å². The largest absolute Gasteiger partial charge is 0.376 e. The van der Waals surface area contributed by atoms with Crippen molar-refractivity contribution in [1.29, 1.82) is 0 Å². The number of carbonyl (C=O) groups excluding carboxylic acids is 1. The molecule has 0 heterocycles. The Kier molecular flexibility index (Phi) is 5.05. The number of amides is 1. The van der Waals surface area contributed by atoms with E-state index in [1.54, 1.807) is 19.1 Å². The van der Waals surface area contributed by atoms with E-state index in [4.69, 9.17) is 0 Å². The molecule has 0 fully saturated rings. The van der Waals surface area contributed by atoms with Crippen LogP contribution in [0, 0.1) is 27.2 Å². The van der Waals surface area contributed by atoms with Crippen LogP contribution in [0.2, 0.25) is 0 Å². The Morgan fingerprint density at radius 3 is 2.46 bits per heavy atom. The van der Waals surface area contributed by atoms with E-state index in [2.05, 4.69) is 10.6 Å². The zero-order chi connectivity index (χ0) is 17.7. The first-order chi connectivity index (χ1) is 11.4. The minimum Gasteiger partial charge on any atom is -0.376 e. The van der Waals surface area contributed by atoms with Crippen molar-refractivity contribution >= 4 is 28.7 Å². The first-order valence-electron chi connectivity index (χ1n) is 6.90. The first-order valence-corrected chi connectivity index (χ1v) is 6.90. The van der Waals surface area contributed by atoms with Crippen LogP contribution in [0.1, 0.15) is 5.56 Å². The highest BCUT2D eigenvalue weighted by Gasteiger charge is 2.14. The molecule has 0 saturated heterocycles. The quantitative estimate of drug-likeness (QED) is 0.619. The predicted molar refractivity (Wildman–Crippen MR) is 88.0 cm³/mol. The van der Waals surface area contributed by atoms with Gasteiger partial charge < -0.3 is 10.6 Å². The second-order valence-electron chi connectivity index (χ2n) is 4.92. The predicted octanol–water partition coefficient (Wildman–Crippen LogP) is 2.86. The normalized spacial score (nSPS) is 10.0. The summed E-state index contributed by atoms with van der Waals surface area (Å²) in [5.41, 5.74) is 0.950. The van der Waals surface area contributed by atoms with Gasteiger partial charge in [0.1, 0.15) is 0 Å². The first kappa shape index (κ1) is 16.9. The van der Waals surface area contributed by atoms with Crippen LogP contribution in [-0.2, 0) is 4.79 Å². The number of rotatable bonds is 6. The zero-order valence-corrected chi connectivity index (χ0v) is 12.7. The average molecular weight is 330 g/mol. The fourth-order valence-electron chi connectivity index (χ4n) is 2.06. The van der Waals surface area contributed by atoms with E-state index in [0.717, 1.165) is 0 Å². The maximum absolute atomic E-state index is 12.0. The van der Waals surface area contributed by atoms with E-state index in [1.807, 2.05) is 0 Å². The molecular formula is C15H14N4O5. The molecule has 2 aromatic carbocycles. The number of anilines is 2. The molecule has 0 radical (unpaired) electrons. The molecule has 0 saturated carbocycles. The standard InChI is InChI=1S/C15H14N4O5/c1-10-13(6-3-7-14(10)19(23)24)17-15(20)9-16-11-4-2-5-12(8-11)18(21)22/h2-8,16H,9H2,1H3,(H,17,20). The lowest BCUT2D eigenvalue weighted by Crippen LogP contribution is -2.22. The molecule has 2 N–H and O–H groups in total. The number of hydrogen-bond donors (Lipinski definition) is 2. The molecule has 0 aliphatic rings. The zero-order valence-electron chi connectivity index (χ0n) is 12.7. The number of nitrogens with zero attached hydrogens (tertiary/aromatic N) is 2. The Morgan fingerprint density at radius 1 is 1.08 bits per heavy atom. The van der Waals surface area contributed by atoms with Gasteiger partial charge in [0.15, 0.2) is 0 Å². The fourth-order valence-corrected chi connectivity index (χ4v) is 2.06. The van der Waals surface area contributed by atoms with E-state index in [9.17, 15) is 25.0 Å². The van der Waals surface area contributed by atoms with Gasteiger partial charge >= 0.3 is 0 Å². The summed E-state index contributed by atoms with van der Waals surface area (Å²) in [6.45, 7) is 1.41. The lowest BCUT2D eigenvalue weighted by Gasteiger charge is -2.10. The molecule has 124 valence electrons.